The minimum absolute atomic E-state index is 0.000560. The number of phenolic OH excluding ortho intramolecular Hbond substituents is 2. The first-order chi connectivity index (χ1) is 14.4. The Morgan fingerprint density at radius 2 is 1.67 bits per heavy atom. The molecule has 0 saturated carbocycles. The molecular formula is C23H21ClO6. The molecular weight excluding hydrogens is 408 g/mol. The van der Waals surface area contributed by atoms with Gasteiger partial charge in [0.1, 0.15) is 34.3 Å². The van der Waals surface area contributed by atoms with Gasteiger partial charge in [0.2, 0.25) is 0 Å². The number of carbonyl (C=O) groups excluding carboxylic acids is 1. The van der Waals surface area contributed by atoms with Crippen LogP contribution in [-0.2, 0) is 17.6 Å². The van der Waals surface area contributed by atoms with Crippen LogP contribution in [0.1, 0.15) is 21.5 Å². The van der Waals surface area contributed by atoms with Crippen molar-refractivity contribution in [3.05, 3.63) is 76.3 Å². The third-order valence-corrected chi connectivity index (χ3v) is 5.02. The number of phenols is 2. The molecule has 0 fully saturated rings. The van der Waals surface area contributed by atoms with Crippen molar-refractivity contribution in [3.63, 3.8) is 0 Å². The molecule has 30 heavy (non-hydrogen) atoms. The summed E-state index contributed by atoms with van der Waals surface area (Å²) < 4.78 is 16.0. The second-order valence-electron chi connectivity index (χ2n) is 6.46. The monoisotopic (exact) mass is 428 g/mol. The Morgan fingerprint density at radius 3 is 2.40 bits per heavy atom. The molecule has 0 amide bonds. The van der Waals surface area contributed by atoms with Crippen LogP contribution < -0.4 is 9.47 Å². The Bertz CT molecular complexity index is 1060. The standard InChI is InChI=1S/C23H21ClO6/c1-28-15-7-5-8-16(12-15)30-20-9-4-3-6-14(20)10-11-17-21(23(27)29-2)18(25)13-19(26)22(17)24/h3-9,12-13,25-26H,10-11H2,1-2H3. The van der Waals surface area contributed by atoms with Gasteiger partial charge >= 0.3 is 5.97 Å². The van der Waals surface area contributed by atoms with Gasteiger partial charge in [-0.1, -0.05) is 35.9 Å². The van der Waals surface area contributed by atoms with E-state index < -0.39 is 5.97 Å². The number of rotatable bonds is 7. The first-order valence-corrected chi connectivity index (χ1v) is 9.53. The number of para-hydroxylation sites is 1. The molecule has 7 heteroatoms. The number of hydrogen-bond acceptors (Lipinski definition) is 6. The van der Waals surface area contributed by atoms with Crippen LogP contribution in [0.2, 0.25) is 5.02 Å². The van der Waals surface area contributed by atoms with Gasteiger partial charge in [0, 0.05) is 12.1 Å². The minimum atomic E-state index is -0.731. The third kappa shape index (κ3) is 4.60. The van der Waals surface area contributed by atoms with Gasteiger partial charge in [-0.05, 0) is 42.2 Å². The van der Waals surface area contributed by atoms with Gasteiger partial charge in [0.25, 0.3) is 0 Å². The lowest BCUT2D eigenvalue weighted by Crippen LogP contribution is -2.08. The van der Waals surface area contributed by atoms with E-state index in [0.717, 1.165) is 11.6 Å². The molecule has 2 N–H and O–H groups in total. The molecule has 0 atom stereocenters. The zero-order chi connectivity index (χ0) is 21.7. The van der Waals surface area contributed by atoms with Gasteiger partial charge in [0.15, 0.2) is 0 Å². The molecule has 156 valence electrons. The summed E-state index contributed by atoms with van der Waals surface area (Å²) in [5, 5.41) is 20.1. The SMILES string of the molecule is COC(=O)c1c(O)cc(O)c(Cl)c1CCc1ccccc1Oc1cccc(OC)c1. The normalized spacial score (nSPS) is 10.5. The maximum absolute atomic E-state index is 12.1. The fraction of sp³-hybridized carbons (Fsp3) is 0.174. The van der Waals surface area contributed by atoms with Crippen LogP contribution >= 0.6 is 11.6 Å². The number of halogens is 1. The summed E-state index contributed by atoms with van der Waals surface area (Å²) in [5.41, 5.74) is 1.10. The van der Waals surface area contributed by atoms with Crippen LogP contribution in [0, 0.1) is 0 Å². The molecule has 6 nitrogen and oxygen atoms in total. The van der Waals surface area contributed by atoms with Gasteiger partial charge in [-0.25, -0.2) is 4.79 Å². The van der Waals surface area contributed by atoms with E-state index in [2.05, 4.69) is 0 Å². The van der Waals surface area contributed by atoms with Crippen LogP contribution in [0.25, 0.3) is 0 Å². The van der Waals surface area contributed by atoms with Gasteiger partial charge in [-0.2, -0.15) is 0 Å². The molecule has 0 aliphatic rings. The summed E-state index contributed by atoms with van der Waals surface area (Å²) in [7, 11) is 2.80. The molecule has 0 spiro atoms. The lowest BCUT2D eigenvalue weighted by molar-refractivity contribution is 0.0596. The highest BCUT2D eigenvalue weighted by atomic mass is 35.5. The van der Waals surface area contributed by atoms with E-state index in [-0.39, 0.29) is 28.5 Å². The number of carbonyl (C=O) groups is 1. The molecule has 3 aromatic rings. The first-order valence-electron chi connectivity index (χ1n) is 9.16. The summed E-state index contributed by atoms with van der Waals surface area (Å²) >= 11 is 6.23. The first kappa shape index (κ1) is 21.3. The fourth-order valence-electron chi connectivity index (χ4n) is 3.11. The van der Waals surface area contributed by atoms with Crippen molar-refractivity contribution >= 4 is 17.6 Å². The predicted molar refractivity (Wildman–Crippen MR) is 113 cm³/mol. The fourth-order valence-corrected chi connectivity index (χ4v) is 3.35. The molecule has 0 aliphatic heterocycles. The number of aromatic hydroxyl groups is 2. The Labute approximate surface area is 179 Å². The average Bonchev–Trinajstić information content (AvgIpc) is 2.75. The Balaban J connectivity index is 1.89. The minimum Gasteiger partial charge on any atom is -0.507 e. The quantitative estimate of drug-likeness (QED) is 0.508. The van der Waals surface area contributed by atoms with Gasteiger partial charge in [0.05, 0.1) is 19.2 Å². The smallest absolute Gasteiger partial charge is 0.341 e. The van der Waals surface area contributed by atoms with Crippen molar-refractivity contribution in [2.45, 2.75) is 12.8 Å². The lowest BCUT2D eigenvalue weighted by atomic mass is 9.98. The lowest BCUT2D eigenvalue weighted by Gasteiger charge is -2.15. The Kier molecular flexibility index (Phi) is 6.69. The van der Waals surface area contributed by atoms with Gasteiger partial charge in [-0.15, -0.1) is 0 Å². The number of aryl methyl sites for hydroxylation is 1. The molecule has 3 rings (SSSR count). The van der Waals surface area contributed by atoms with Crippen molar-refractivity contribution in [3.8, 4) is 28.7 Å². The molecule has 0 radical (unpaired) electrons. The van der Waals surface area contributed by atoms with E-state index in [1.807, 2.05) is 42.5 Å². The maximum atomic E-state index is 12.1. The van der Waals surface area contributed by atoms with E-state index in [4.69, 9.17) is 25.8 Å². The van der Waals surface area contributed by atoms with Crippen molar-refractivity contribution in [2.24, 2.45) is 0 Å². The molecule has 0 unspecified atom stereocenters. The van der Waals surface area contributed by atoms with Crippen LogP contribution in [0.15, 0.2) is 54.6 Å². The summed E-state index contributed by atoms with van der Waals surface area (Å²) in [6, 6.07) is 15.7. The second kappa shape index (κ2) is 9.41. The molecule has 0 saturated heterocycles. The number of ether oxygens (including phenoxy) is 3. The van der Waals surface area contributed by atoms with Crippen LogP contribution in [0.5, 0.6) is 28.7 Å². The maximum Gasteiger partial charge on any atom is 0.341 e. The van der Waals surface area contributed by atoms with Crippen LogP contribution in [0.3, 0.4) is 0 Å². The molecule has 0 aliphatic carbocycles. The van der Waals surface area contributed by atoms with Gasteiger partial charge < -0.3 is 24.4 Å². The highest BCUT2D eigenvalue weighted by molar-refractivity contribution is 6.33. The Hall–Kier alpha value is -3.38. The highest BCUT2D eigenvalue weighted by Gasteiger charge is 2.23. The number of hydrogen-bond donors (Lipinski definition) is 2. The summed E-state index contributed by atoms with van der Waals surface area (Å²) in [4.78, 5) is 12.1. The van der Waals surface area contributed by atoms with Gasteiger partial charge in [-0.3, -0.25) is 0 Å². The zero-order valence-electron chi connectivity index (χ0n) is 16.5. The van der Waals surface area contributed by atoms with Crippen molar-refractivity contribution < 1.29 is 29.2 Å². The van der Waals surface area contributed by atoms with E-state index >= 15 is 0 Å². The molecule has 0 bridgehead atoms. The number of esters is 1. The Morgan fingerprint density at radius 1 is 0.933 bits per heavy atom. The summed E-state index contributed by atoms with van der Waals surface area (Å²) in [6.07, 6.45) is 0.705. The van der Waals surface area contributed by atoms with Crippen molar-refractivity contribution in [1.82, 2.24) is 0 Å². The van der Waals surface area contributed by atoms with E-state index in [1.165, 1.54) is 7.11 Å². The van der Waals surface area contributed by atoms with E-state index in [0.29, 0.717) is 29.2 Å². The average molecular weight is 429 g/mol. The topological polar surface area (TPSA) is 85.2 Å². The van der Waals surface area contributed by atoms with E-state index in [9.17, 15) is 15.0 Å². The van der Waals surface area contributed by atoms with Crippen molar-refractivity contribution in [2.75, 3.05) is 14.2 Å². The highest BCUT2D eigenvalue weighted by Crippen LogP contribution is 2.38. The zero-order valence-corrected chi connectivity index (χ0v) is 17.3. The number of benzene rings is 3. The summed E-state index contributed by atoms with van der Waals surface area (Å²) in [5.74, 6) is 0.494. The second-order valence-corrected chi connectivity index (χ2v) is 6.84. The molecule has 0 heterocycles. The molecule has 0 aromatic heterocycles. The van der Waals surface area contributed by atoms with Crippen molar-refractivity contribution in [1.29, 1.82) is 0 Å². The summed E-state index contributed by atoms with van der Waals surface area (Å²) in [6.45, 7) is 0. The third-order valence-electron chi connectivity index (χ3n) is 4.60. The molecule has 3 aromatic carbocycles. The largest absolute Gasteiger partial charge is 0.507 e. The van der Waals surface area contributed by atoms with Crippen LogP contribution in [-0.4, -0.2) is 30.4 Å². The predicted octanol–water partition coefficient (Wildman–Crippen LogP) is 5.12. The van der Waals surface area contributed by atoms with E-state index in [1.54, 1.807) is 13.2 Å². The number of methoxy groups -OCH3 is 2. The van der Waals surface area contributed by atoms with Crippen LogP contribution in [0.4, 0.5) is 0 Å².